The van der Waals surface area contributed by atoms with Crippen molar-refractivity contribution in [1.82, 2.24) is 9.21 Å². The Balaban J connectivity index is 1.62. The maximum absolute atomic E-state index is 13.1. The summed E-state index contributed by atoms with van der Waals surface area (Å²) in [5.41, 5.74) is 1.42. The monoisotopic (exact) mass is 419 g/mol. The molecule has 0 bridgehead atoms. The third kappa shape index (κ3) is 3.80. The second-order valence-corrected chi connectivity index (χ2v) is 10.2. The van der Waals surface area contributed by atoms with E-state index in [-0.39, 0.29) is 16.7 Å². The number of amides is 2. The molecule has 29 heavy (non-hydrogen) atoms. The third-order valence-electron chi connectivity index (χ3n) is 6.28. The van der Waals surface area contributed by atoms with Gasteiger partial charge in [-0.1, -0.05) is 6.42 Å². The summed E-state index contributed by atoms with van der Waals surface area (Å²) in [6.45, 7) is 4.02. The first-order valence-electron chi connectivity index (χ1n) is 10.6. The Hall–Kier alpha value is -1.93. The number of sulfonamides is 1. The van der Waals surface area contributed by atoms with E-state index in [1.54, 1.807) is 27.4 Å². The average Bonchev–Trinajstić information content (AvgIpc) is 3.13. The van der Waals surface area contributed by atoms with Crippen LogP contribution in [0.3, 0.4) is 0 Å². The van der Waals surface area contributed by atoms with E-state index in [1.165, 1.54) is 6.92 Å². The van der Waals surface area contributed by atoms with Crippen molar-refractivity contribution in [1.29, 1.82) is 0 Å². The first kappa shape index (κ1) is 20.3. The molecule has 1 atom stereocenters. The maximum atomic E-state index is 13.1. The van der Waals surface area contributed by atoms with Crippen LogP contribution in [0, 0.1) is 0 Å². The van der Waals surface area contributed by atoms with Crippen LogP contribution in [0.5, 0.6) is 0 Å². The zero-order valence-electron chi connectivity index (χ0n) is 17.0. The van der Waals surface area contributed by atoms with E-state index >= 15 is 0 Å². The van der Waals surface area contributed by atoms with Gasteiger partial charge >= 0.3 is 0 Å². The van der Waals surface area contributed by atoms with E-state index in [4.69, 9.17) is 0 Å². The number of nitrogens with zero attached hydrogens (tertiary/aromatic N) is 3. The van der Waals surface area contributed by atoms with Crippen LogP contribution in [0.4, 0.5) is 5.69 Å². The molecular weight excluding hydrogens is 390 g/mol. The van der Waals surface area contributed by atoms with E-state index in [0.29, 0.717) is 25.2 Å². The van der Waals surface area contributed by atoms with Crippen molar-refractivity contribution in [3.63, 3.8) is 0 Å². The van der Waals surface area contributed by atoms with Crippen molar-refractivity contribution >= 4 is 27.5 Å². The van der Waals surface area contributed by atoms with E-state index in [1.807, 2.05) is 4.90 Å². The molecule has 1 aromatic carbocycles. The number of hydrogen-bond donors (Lipinski definition) is 0. The van der Waals surface area contributed by atoms with Crippen LogP contribution in [0.15, 0.2) is 23.1 Å². The van der Waals surface area contributed by atoms with Gasteiger partial charge in [-0.25, -0.2) is 8.42 Å². The molecule has 3 aliphatic rings. The summed E-state index contributed by atoms with van der Waals surface area (Å²) < 4.78 is 27.6. The van der Waals surface area contributed by atoms with Crippen molar-refractivity contribution < 1.29 is 18.0 Å². The molecule has 0 aliphatic carbocycles. The number of rotatable bonds is 3. The fourth-order valence-corrected chi connectivity index (χ4v) is 6.32. The summed E-state index contributed by atoms with van der Waals surface area (Å²) in [5, 5.41) is 0. The van der Waals surface area contributed by atoms with E-state index in [9.17, 15) is 18.0 Å². The second kappa shape index (κ2) is 8.07. The van der Waals surface area contributed by atoms with Gasteiger partial charge in [0.05, 0.1) is 4.90 Å². The normalized spacial score (nSPS) is 23.1. The number of fused-ring (bicyclic) bond motifs is 1. The Morgan fingerprint density at radius 3 is 2.17 bits per heavy atom. The zero-order valence-corrected chi connectivity index (χ0v) is 17.8. The summed E-state index contributed by atoms with van der Waals surface area (Å²) in [5.74, 6) is -0.220. The molecule has 8 heteroatoms. The quantitative estimate of drug-likeness (QED) is 0.752. The highest BCUT2D eigenvalue weighted by molar-refractivity contribution is 7.89. The van der Waals surface area contributed by atoms with Crippen LogP contribution >= 0.6 is 0 Å². The van der Waals surface area contributed by atoms with E-state index in [0.717, 1.165) is 57.2 Å². The van der Waals surface area contributed by atoms with Gasteiger partial charge in [0, 0.05) is 45.2 Å². The predicted molar refractivity (Wildman–Crippen MR) is 110 cm³/mol. The van der Waals surface area contributed by atoms with Crippen molar-refractivity contribution in [2.75, 3.05) is 31.1 Å². The number of benzene rings is 1. The minimum absolute atomic E-state index is 0.0310. The molecule has 0 N–H and O–H groups in total. The highest BCUT2D eigenvalue weighted by Crippen LogP contribution is 2.36. The molecule has 3 aliphatic heterocycles. The molecule has 2 saturated heterocycles. The lowest BCUT2D eigenvalue weighted by Gasteiger charge is -2.32. The molecular formula is C21H29N3O4S. The number of piperidine rings is 2. The zero-order chi connectivity index (χ0) is 20.6. The molecule has 0 spiro atoms. The number of likely N-dealkylation sites (tertiary alicyclic amines) is 1. The van der Waals surface area contributed by atoms with E-state index in [2.05, 4.69) is 0 Å². The summed E-state index contributed by atoms with van der Waals surface area (Å²) in [6, 6.07) is 4.36. The largest absolute Gasteiger partial charge is 0.341 e. The molecule has 0 radical (unpaired) electrons. The molecule has 0 saturated carbocycles. The Kier molecular flexibility index (Phi) is 5.66. The van der Waals surface area contributed by atoms with Gasteiger partial charge in [-0.15, -0.1) is 0 Å². The van der Waals surface area contributed by atoms with E-state index < -0.39 is 16.1 Å². The lowest BCUT2D eigenvalue weighted by molar-refractivity contribution is -0.135. The van der Waals surface area contributed by atoms with Crippen molar-refractivity contribution in [3.05, 3.63) is 23.8 Å². The molecule has 0 aromatic heterocycles. The molecule has 2 fully saturated rings. The molecule has 1 aromatic rings. The summed E-state index contributed by atoms with van der Waals surface area (Å²) in [7, 11) is -3.54. The van der Waals surface area contributed by atoms with Gasteiger partial charge in [0.25, 0.3) is 0 Å². The Morgan fingerprint density at radius 2 is 1.55 bits per heavy atom. The topological polar surface area (TPSA) is 78.0 Å². The fraction of sp³-hybridized carbons (Fsp3) is 0.619. The first-order chi connectivity index (χ1) is 13.9. The lowest BCUT2D eigenvalue weighted by atomic mass is 10.1. The molecule has 2 amide bonds. The first-order valence-corrected chi connectivity index (χ1v) is 12.1. The van der Waals surface area contributed by atoms with Gasteiger partial charge in [0.2, 0.25) is 21.8 Å². The number of hydrogen-bond acceptors (Lipinski definition) is 4. The van der Waals surface area contributed by atoms with Crippen molar-refractivity contribution in [3.8, 4) is 0 Å². The van der Waals surface area contributed by atoms with Crippen LogP contribution in [0.1, 0.15) is 51.0 Å². The van der Waals surface area contributed by atoms with Crippen LogP contribution in [0.25, 0.3) is 0 Å². The number of anilines is 1. The SMILES string of the molecule is CC(=O)N1c2ccc(S(=O)(=O)N3CCCCC3)cc2C[C@@H]1C(=O)N1CCCCC1. The van der Waals surface area contributed by atoms with Crippen LogP contribution in [-0.2, 0) is 26.0 Å². The van der Waals surface area contributed by atoms with Crippen molar-refractivity contribution in [2.24, 2.45) is 0 Å². The van der Waals surface area contributed by atoms with Gasteiger partial charge in [-0.3, -0.25) is 14.5 Å². The van der Waals surface area contributed by atoms with Crippen LogP contribution < -0.4 is 4.90 Å². The molecule has 3 heterocycles. The average molecular weight is 420 g/mol. The summed E-state index contributed by atoms with van der Waals surface area (Å²) >= 11 is 0. The minimum Gasteiger partial charge on any atom is -0.341 e. The lowest BCUT2D eigenvalue weighted by Crippen LogP contribution is -2.50. The fourth-order valence-electron chi connectivity index (χ4n) is 4.75. The van der Waals surface area contributed by atoms with Crippen LogP contribution in [-0.4, -0.2) is 61.7 Å². The highest BCUT2D eigenvalue weighted by Gasteiger charge is 2.40. The van der Waals surface area contributed by atoms with Gasteiger partial charge < -0.3 is 4.90 Å². The van der Waals surface area contributed by atoms with Crippen LogP contribution in [0.2, 0.25) is 0 Å². The smallest absolute Gasteiger partial charge is 0.246 e. The molecule has 4 rings (SSSR count). The van der Waals surface area contributed by atoms with Gasteiger partial charge in [0.1, 0.15) is 6.04 Å². The van der Waals surface area contributed by atoms with Gasteiger partial charge in [0.15, 0.2) is 0 Å². The number of carbonyl (C=O) groups excluding carboxylic acids is 2. The molecule has 0 unspecified atom stereocenters. The molecule has 7 nitrogen and oxygen atoms in total. The minimum atomic E-state index is -3.54. The second-order valence-electron chi connectivity index (χ2n) is 8.25. The summed E-state index contributed by atoms with van der Waals surface area (Å²) in [4.78, 5) is 29.1. The number of carbonyl (C=O) groups is 2. The maximum Gasteiger partial charge on any atom is 0.246 e. The third-order valence-corrected chi connectivity index (χ3v) is 8.17. The Labute approximate surface area is 172 Å². The molecule has 158 valence electrons. The highest BCUT2D eigenvalue weighted by atomic mass is 32.2. The summed E-state index contributed by atoms with van der Waals surface area (Å²) in [6.07, 6.45) is 6.30. The van der Waals surface area contributed by atoms with Gasteiger partial charge in [-0.2, -0.15) is 4.31 Å². The Bertz CT molecular complexity index is 903. The van der Waals surface area contributed by atoms with Gasteiger partial charge in [-0.05, 0) is 55.9 Å². The van der Waals surface area contributed by atoms with Crippen molar-refractivity contribution in [2.45, 2.75) is 62.8 Å². The Morgan fingerprint density at radius 1 is 0.931 bits per heavy atom. The standard InChI is InChI=1S/C21H29N3O4S/c1-16(25)24-19-9-8-18(29(27,28)23-12-6-3-7-13-23)14-17(19)15-20(24)21(26)22-10-4-2-5-11-22/h8-9,14,20H,2-7,10-13,15H2,1H3/t20-/m1/s1. The predicted octanol–water partition coefficient (Wildman–Crippen LogP) is 2.15.